The molecule has 0 saturated carbocycles. The fraction of sp³-hybridized carbons (Fsp3) is 0.333. The predicted octanol–water partition coefficient (Wildman–Crippen LogP) is 3.51. The lowest BCUT2D eigenvalue weighted by atomic mass is 10.2. The monoisotopic (exact) mass is 339 g/mol. The molecule has 0 radical (unpaired) electrons. The van der Waals surface area contributed by atoms with Crippen LogP contribution in [0.2, 0.25) is 0 Å². The highest BCUT2D eigenvalue weighted by Crippen LogP contribution is 2.12. The van der Waals surface area contributed by atoms with Crippen LogP contribution in [-0.4, -0.2) is 35.8 Å². The molecule has 1 N–H and O–H groups in total. The summed E-state index contributed by atoms with van der Waals surface area (Å²) in [6, 6.07) is 16.0. The number of aliphatic hydroxyl groups is 1. The van der Waals surface area contributed by atoms with Crippen LogP contribution in [0.3, 0.4) is 0 Å². The van der Waals surface area contributed by atoms with Crippen LogP contribution in [0.25, 0.3) is 0 Å². The topological polar surface area (TPSA) is 32.7 Å². The van der Waals surface area contributed by atoms with Gasteiger partial charge in [0, 0.05) is 13.1 Å². The van der Waals surface area contributed by atoms with E-state index in [0.29, 0.717) is 12.3 Å². The molecule has 0 fully saturated rings. The molecule has 23 heavy (non-hydrogen) atoms. The number of hydrogen-bond acceptors (Lipinski definition) is 3. The Kier molecular flexibility index (Phi) is 8.62. The molecule has 0 saturated heterocycles. The van der Waals surface area contributed by atoms with E-state index in [4.69, 9.17) is 4.74 Å². The van der Waals surface area contributed by atoms with Gasteiger partial charge in [0.1, 0.15) is 24.3 Å². The highest BCUT2D eigenvalue weighted by molar-refractivity contribution is 5.85. The minimum atomic E-state index is -0.589. The molecular weight excluding hydrogens is 317 g/mol. The first-order chi connectivity index (χ1) is 10.7. The molecule has 0 spiro atoms. The smallest absolute Gasteiger partial charge is 0.123 e. The molecule has 2 aromatic carbocycles. The van der Waals surface area contributed by atoms with Gasteiger partial charge in [-0.15, -0.1) is 12.4 Å². The lowest BCUT2D eigenvalue weighted by Gasteiger charge is -2.23. The molecule has 3 nitrogen and oxygen atoms in total. The molecular formula is C18H23ClFNO2. The van der Waals surface area contributed by atoms with Crippen molar-refractivity contribution >= 4 is 12.4 Å². The normalized spacial score (nSPS) is 11.8. The fourth-order valence-corrected chi connectivity index (χ4v) is 2.22. The van der Waals surface area contributed by atoms with E-state index in [0.717, 1.165) is 13.1 Å². The van der Waals surface area contributed by atoms with Gasteiger partial charge in [-0.1, -0.05) is 37.3 Å². The van der Waals surface area contributed by atoms with Gasteiger partial charge in [-0.25, -0.2) is 4.39 Å². The van der Waals surface area contributed by atoms with Crippen LogP contribution in [0.4, 0.5) is 4.39 Å². The van der Waals surface area contributed by atoms with Gasteiger partial charge in [0.2, 0.25) is 0 Å². The SMILES string of the molecule is CCN(Cc1ccccc1)CC(O)COc1ccc(F)cc1.Cl. The average Bonchev–Trinajstić information content (AvgIpc) is 2.54. The number of likely N-dealkylation sites (N-methyl/N-ethyl adjacent to an activating group) is 1. The highest BCUT2D eigenvalue weighted by atomic mass is 35.5. The minimum absolute atomic E-state index is 0. The average molecular weight is 340 g/mol. The first-order valence-electron chi connectivity index (χ1n) is 7.50. The summed E-state index contributed by atoms with van der Waals surface area (Å²) in [6.45, 7) is 4.44. The molecule has 0 aliphatic heterocycles. The molecule has 0 bridgehead atoms. The number of aliphatic hydroxyl groups excluding tert-OH is 1. The Morgan fingerprint density at radius 1 is 1.09 bits per heavy atom. The quantitative estimate of drug-likeness (QED) is 0.799. The molecule has 126 valence electrons. The lowest BCUT2D eigenvalue weighted by Crippen LogP contribution is -2.35. The van der Waals surface area contributed by atoms with Crippen molar-refractivity contribution in [1.82, 2.24) is 4.90 Å². The lowest BCUT2D eigenvalue weighted by molar-refractivity contribution is 0.0674. The van der Waals surface area contributed by atoms with E-state index in [9.17, 15) is 9.50 Å². The summed E-state index contributed by atoms with van der Waals surface area (Å²) in [6.07, 6.45) is -0.589. The van der Waals surface area contributed by atoms with Crippen molar-refractivity contribution in [1.29, 1.82) is 0 Å². The predicted molar refractivity (Wildman–Crippen MR) is 92.5 cm³/mol. The maximum absolute atomic E-state index is 12.8. The Bertz CT molecular complexity index is 551. The van der Waals surface area contributed by atoms with Crippen molar-refractivity contribution in [2.75, 3.05) is 19.7 Å². The second kappa shape index (κ2) is 10.2. The third-order valence-corrected chi connectivity index (χ3v) is 3.42. The van der Waals surface area contributed by atoms with Crippen LogP contribution >= 0.6 is 12.4 Å². The Balaban J connectivity index is 0.00000264. The number of ether oxygens (including phenoxy) is 1. The third kappa shape index (κ3) is 6.99. The number of rotatable bonds is 8. The summed E-state index contributed by atoms with van der Waals surface area (Å²) in [4.78, 5) is 2.16. The van der Waals surface area contributed by atoms with Gasteiger partial charge < -0.3 is 9.84 Å². The summed E-state index contributed by atoms with van der Waals surface area (Å²) >= 11 is 0. The Labute approximate surface area is 143 Å². The van der Waals surface area contributed by atoms with Crippen molar-refractivity contribution in [2.45, 2.75) is 19.6 Å². The molecule has 2 aromatic rings. The minimum Gasteiger partial charge on any atom is -0.491 e. The zero-order valence-corrected chi connectivity index (χ0v) is 14.0. The summed E-state index contributed by atoms with van der Waals surface area (Å²) in [7, 11) is 0. The van der Waals surface area contributed by atoms with E-state index >= 15 is 0 Å². The van der Waals surface area contributed by atoms with Crippen LogP contribution in [0, 0.1) is 5.82 Å². The molecule has 1 atom stereocenters. The Morgan fingerprint density at radius 3 is 2.35 bits per heavy atom. The standard InChI is InChI=1S/C18H22FNO2.ClH/c1-2-20(12-15-6-4-3-5-7-15)13-17(21)14-22-18-10-8-16(19)9-11-18;/h3-11,17,21H,2,12-14H2,1H3;1H. The molecule has 0 amide bonds. The molecule has 2 rings (SSSR count). The van der Waals surface area contributed by atoms with Gasteiger partial charge in [-0.05, 0) is 36.4 Å². The van der Waals surface area contributed by atoms with Gasteiger partial charge in [0.15, 0.2) is 0 Å². The Morgan fingerprint density at radius 2 is 1.74 bits per heavy atom. The van der Waals surface area contributed by atoms with Gasteiger partial charge in [0.05, 0.1) is 0 Å². The molecule has 0 heterocycles. The Hall–Kier alpha value is -1.62. The van der Waals surface area contributed by atoms with Gasteiger partial charge >= 0.3 is 0 Å². The van der Waals surface area contributed by atoms with Crippen LogP contribution in [-0.2, 0) is 6.54 Å². The van der Waals surface area contributed by atoms with E-state index < -0.39 is 6.10 Å². The van der Waals surface area contributed by atoms with Crippen molar-refractivity contribution in [3.63, 3.8) is 0 Å². The van der Waals surface area contributed by atoms with Crippen molar-refractivity contribution in [2.24, 2.45) is 0 Å². The third-order valence-electron chi connectivity index (χ3n) is 3.42. The number of benzene rings is 2. The molecule has 5 heteroatoms. The zero-order valence-electron chi connectivity index (χ0n) is 13.2. The fourth-order valence-electron chi connectivity index (χ4n) is 2.22. The van der Waals surface area contributed by atoms with E-state index in [1.807, 2.05) is 18.2 Å². The van der Waals surface area contributed by atoms with Gasteiger partial charge in [0.25, 0.3) is 0 Å². The van der Waals surface area contributed by atoms with Crippen molar-refractivity contribution in [3.8, 4) is 5.75 Å². The highest BCUT2D eigenvalue weighted by Gasteiger charge is 2.11. The molecule has 0 aromatic heterocycles. The summed E-state index contributed by atoms with van der Waals surface area (Å²) in [5.74, 6) is 0.263. The van der Waals surface area contributed by atoms with Crippen molar-refractivity contribution in [3.05, 3.63) is 66.0 Å². The van der Waals surface area contributed by atoms with E-state index in [2.05, 4.69) is 24.0 Å². The second-order valence-corrected chi connectivity index (χ2v) is 5.23. The summed E-state index contributed by atoms with van der Waals surface area (Å²) in [5, 5.41) is 10.1. The van der Waals surface area contributed by atoms with Crippen LogP contribution in [0.15, 0.2) is 54.6 Å². The number of nitrogens with zero attached hydrogens (tertiary/aromatic N) is 1. The van der Waals surface area contributed by atoms with E-state index in [-0.39, 0.29) is 24.8 Å². The van der Waals surface area contributed by atoms with Crippen molar-refractivity contribution < 1.29 is 14.2 Å². The first-order valence-corrected chi connectivity index (χ1v) is 7.50. The number of halogens is 2. The molecule has 1 unspecified atom stereocenters. The van der Waals surface area contributed by atoms with E-state index in [1.165, 1.54) is 17.7 Å². The maximum Gasteiger partial charge on any atom is 0.123 e. The summed E-state index contributed by atoms with van der Waals surface area (Å²) in [5.41, 5.74) is 1.22. The van der Waals surface area contributed by atoms with Crippen LogP contribution < -0.4 is 4.74 Å². The number of hydrogen-bond donors (Lipinski definition) is 1. The van der Waals surface area contributed by atoms with Gasteiger partial charge in [-0.2, -0.15) is 0 Å². The zero-order chi connectivity index (χ0) is 15.8. The van der Waals surface area contributed by atoms with Crippen LogP contribution in [0.5, 0.6) is 5.75 Å². The van der Waals surface area contributed by atoms with Gasteiger partial charge in [-0.3, -0.25) is 4.90 Å². The summed E-state index contributed by atoms with van der Waals surface area (Å²) < 4.78 is 18.3. The second-order valence-electron chi connectivity index (χ2n) is 5.23. The maximum atomic E-state index is 12.8. The molecule has 0 aliphatic rings. The first kappa shape index (κ1) is 19.4. The largest absolute Gasteiger partial charge is 0.491 e. The molecule has 0 aliphatic carbocycles. The van der Waals surface area contributed by atoms with E-state index in [1.54, 1.807) is 12.1 Å². The van der Waals surface area contributed by atoms with Crippen LogP contribution in [0.1, 0.15) is 12.5 Å².